The van der Waals surface area contributed by atoms with Crippen molar-refractivity contribution in [1.82, 2.24) is 4.90 Å². The lowest BCUT2D eigenvalue weighted by Gasteiger charge is -2.28. The molecular weight excluding hydrogens is 273 g/mol. The molecule has 1 N–H and O–H groups in total. The number of carbonyl (C=O) groups excluding carboxylic acids is 1. The molecule has 0 aromatic heterocycles. The van der Waals surface area contributed by atoms with Crippen LogP contribution in [0.5, 0.6) is 0 Å². The van der Waals surface area contributed by atoms with Gasteiger partial charge < -0.3 is 15.0 Å². The van der Waals surface area contributed by atoms with Crippen molar-refractivity contribution in [3.63, 3.8) is 0 Å². The number of benzene rings is 1. The van der Waals surface area contributed by atoms with E-state index in [0.29, 0.717) is 18.8 Å². The molecule has 2 aliphatic heterocycles. The van der Waals surface area contributed by atoms with E-state index in [1.54, 1.807) is 17.0 Å². The van der Waals surface area contributed by atoms with Gasteiger partial charge in [0.15, 0.2) is 0 Å². The Labute approximate surface area is 122 Å². The third kappa shape index (κ3) is 2.71. The average molecular weight is 289 g/mol. The molecule has 1 aromatic rings. The molecule has 0 aliphatic carbocycles. The van der Waals surface area contributed by atoms with Crippen molar-refractivity contribution >= 4 is 30.6 Å². The molecule has 2 aliphatic rings. The second-order valence-electron chi connectivity index (χ2n) is 5.57. The molecule has 21 heavy (non-hydrogen) atoms. The van der Waals surface area contributed by atoms with Crippen LogP contribution in [0.4, 0.5) is 11.4 Å². The van der Waals surface area contributed by atoms with E-state index in [1.165, 1.54) is 0 Å². The van der Waals surface area contributed by atoms with Gasteiger partial charge >= 0.3 is 0 Å². The standard InChI is InChI=1S/C13H16BN3O4/c14-8-1-2-11(12(3-8)17(19)20)15-9-4-10-6-21-7-13(18)16(10)5-9/h1-3,9-10,15H,4-7,14H2. The average Bonchev–Trinajstić information content (AvgIpc) is 2.85. The third-order valence-corrected chi connectivity index (χ3v) is 3.98. The molecule has 1 amide bonds. The number of morpholine rings is 1. The Morgan fingerprint density at radius 1 is 1.48 bits per heavy atom. The maximum atomic E-state index is 11.8. The van der Waals surface area contributed by atoms with Gasteiger partial charge in [0.2, 0.25) is 5.91 Å². The summed E-state index contributed by atoms with van der Waals surface area (Å²) in [6.07, 6.45) is 0.747. The zero-order valence-corrected chi connectivity index (χ0v) is 11.7. The number of amides is 1. The molecule has 0 bridgehead atoms. The van der Waals surface area contributed by atoms with Crippen LogP contribution in [0.3, 0.4) is 0 Å². The summed E-state index contributed by atoms with van der Waals surface area (Å²) < 4.78 is 5.24. The van der Waals surface area contributed by atoms with Gasteiger partial charge in [0.25, 0.3) is 5.69 Å². The molecule has 2 atom stereocenters. The second-order valence-corrected chi connectivity index (χ2v) is 5.57. The molecule has 3 rings (SSSR count). The minimum atomic E-state index is -0.383. The van der Waals surface area contributed by atoms with Crippen molar-refractivity contribution in [3.05, 3.63) is 28.3 Å². The first kappa shape index (κ1) is 13.9. The number of ether oxygens (including phenoxy) is 1. The highest BCUT2D eigenvalue weighted by Crippen LogP contribution is 2.28. The van der Waals surface area contributed by atoms with Gasteiger partial charge in [-0.3, -0.25) is 14.9 Å². The monoisotopic (exact) mass is 289 g/mol. The Balaban J connectivity index is 1.76. The highest BCUT2D eigenvalue weighted by molar-refractivity contribution is 6.32. The molecule has 8 heteroatoms. The zero-order chi connectivity index (χ0) is 15.0. The van der Waals surface area contributed by atoms with Gasteiger partial charge in [-0.05, 0) is 12.5 Å². The predicted octanol–water partition coefficient (Wildman–Crippen LogP) is -0.735. The zero-order valence-electron chi connectivity index (χ0n) is 11.7. The predicted molar refractivity (Wildman–Crippen MR) is 79.6 cm³/mol. The first-order valence-corrected chi connectivity index (χ1v) is 6.93. The normalized spacial score (nSPS) is 24.8. The number of nitrogens with zero attached hydrogens (tertiary/aromatic N) is 2. The number of anilines is 1. The fourth-order valence-corrected chi connectivity index (χ4v) is 2.98. The van der Waals surface area contributed by atoms with Crippen molar-refractivity contribution in [2.45, 2.75) is 18.5 Å². The summed E-state index contributed by atoms with van der Waals surface area (Å²) in [6.45, 7) is 1.24. The van der Waals surface area contributed by atoms with E-state index in [0.717, 1.165) is 11.9 Å². The van der Waals surface area contributed by atoms with Gasteiger partial charge in [0, 0.05) is 18.7 Å². The topological polar surface area (TPSA) is 84.7 Å². The summed E-state index contributed by atoms with van der Waals surface area (Å²) >= 11 is 0. The number of nitro groups is 1. The van der Waals surface area contributed by atoms with Crippen molar-refractivity contribution in [3.8, 4) is 0 Å². The van der Waals surface area contributed by atoms with Crippen LogP contribution < -0.4 is 10.8 Å². The second kappa shape index (κ2) is 5.36. The van der Waals surface area contributed by atoms with Crippen LogP contribution in [-0.2, 0) is 9.53 Å². The van der Waals surface area contributed by atoms with E-state index in [9.17, 15) is 14.9 Å². The molecule has 2 fully saturated rings. The largest absolute Gasteiger partial charge is 0.375 e. The molecule has 7 nitrogen and oxygen atoms in total. The molecule has 0 spiro atoms. The van der Waals surface area contributed by atoms with Gasteiger partial charge in [0.05, 0.1) is 17.6 Å². The maximum Gasteiger partial charge on any atom is 0.291 e. The minimum absolute atomic E-state index is 0.00560. The fourth-order valence-electron chi connectivity index (χ4n) is 2.98. The smallest absolute Gasteiger partial charge is 0.291 e. The molecule has 0 radical (unpaired) electrons. The molecular formula is C13H16BN3O4. The molecule has 2 heterocycles. The van der Waals surface area contributed by atoms with E-state index in [-0.39, 0.29) is 35.2 Å². The summed E-state index contributed by atoms with van der Waals surface area (Å²) in [6, 6.07) is 5.21. The van der Waals surface area contributed by atoms with Crippen LogP contribution in [0.1, 0.15) is 6.42 Å². The lowest BCUT2D eigenvalue weighted by Crippen LogP contribution is -2.45. The van der Waals surface area contributed by atoms with E-state index >= 15 is 0 Å². The Bertz CT molecular complexity index is 595. The molecule has 110 valence electrons. The maximum absolute atomic E-state index is 11.8. The number of carbonyl (C=O) groups is 1. The van der Waals surface area contributed by atoms with Gasteiger partial charge in [-0.1, -0.05) is 11.5 Å². The third-order valence-electron chi connectivity index (χ3n) is 3.98. The SMILES string of the molecule is Bc1ccc(NC2CC3COCC(=O)N3C2)c([N+](=O)[O-])c1. The number of hydrogen-bond acceptors (Lipinski definition) is 5. The summed E-state index contributed by atoms with van der Waals surface area (Å²) in [5.74, 6) is -0.00560. The first-order valence-electron chi connectivity index (χ1n) is 6.93. The highest BCUT2D eigenvalue weighted by Gasteiger charge is 2.38. The number of fused-ring (bicyclic) bond motifs is 1. The van der Waals surface area contributed by atoms with E-state index in [2.05, 4.69) is 5.32 Å². The van der Waals surface area contributed by atoms with Crippen LogP contribution >= 0.6 is 0 Å². The van der Waals surface area contributed by atoms with E-state index < -0.39 is 0 Å². The quantitative estimate of drug-likeness (QED) is 0.450. The molecule has 1 aromatic carbocycles. The first-order chi connectivity index (χ1) is 10.0. The highest BCUT2D eigenvalue weighted by atomic mass is 16.6. The van der Waals surface area contributed by atoms with Crippen molar-refractivity contribution in [1.29, 1.82) is 0 Å². The van der Waals surface area contributed by atoms with Gasteiger partial charge in [-0.25, -0.2) is 0 Å². The summed E-state index contributed by atoms with van der Waals surface area (Å²) in [7, 11) is 1.82. The van der Waals surface area contributed by atoms with Gasteiger partial charge in [-0.2, -0.15) is 0 Å². The fraction of sp³-hybridized carbons (Fsp3) is 0.462. The van der Waals surface area contributed by atoms with Crippen LogP contribution in [0.25, 0.3) is 0 Å². The summed E-state index contributed by atoms with van der Waals surface area (Å²) in [4.78, 5) is 24.3. The Morgan fingerprint density at radius 3 is 3.00 bits per heavy atom. The number of rotatable bonds is 3. The van der Waals surface area contributed by atoms with Crippen LogP contribution in [0, 0.1) is 10.1 Å². The van der Waals surface area contributed by atoms with Crippen molar-refractivity contribution < 1.29 is 14.5 Å². The number of hydrogen-bond donors (Lipinski definition) is 1. The lowest BCUT2D eigenvalue weighted by atomic mass is 9.95. The van der Waals surface area contributed by atoms with Crippen LogP contribution in [-0.4, -0.2) is 55.4 Å². The van der Waals surface area contributed by atoms with Gasteiger partial charge in [-0.15, -0.1) is 0 Å². The Hall–Kier alpha value is -2.09. The lowest BCUT2D eigenvalue weighted by molar-refractivity contribution is -0.383. The van der Waals surface area contributed by atoms with Crippen molar-refractivity contribution in [2.75, 3.05) is 25.1 Å². The summed E-state index contributed by atoms with van der Waals surface area (Å²) in [5.41, 5.74) is 1.42. The van der Waals surface area contributed by atoms with Crippen molar-refractivity contribution in [2.24, 2.45) is 0 Å². The minimum Gasteiger partial charge on any atom is -0.375 e. The number of nitro benzene ring substituents is 1. The number of nitrogens with one attached hydrogen (secondary N) is 1. The molecule has 2 unspecified atom stereocenters. The Morgan fingerprint density at radius 2 is 2.29 bits per heavy atom. The van der Waals surface area contributed by atoms with Gasteiger partial charge in [0.1, 0.15) is 20.1 Å². The van der Waals surface area contributed by atoms with Crippen LogP contribution in [0.15, 0.2) is 18.2 Å². The Kier molecular flexibility index (Phi) is 3.54. The molecule has 0 saturated carbocycles. The van der Waals surface area contributed by atoms with Crippen LogP contribution in [0.2, 0.25) is 0 Å². The van der Waals surface area contributed by atoms with E-state index in [4.69, 9.17) is 4.74 Å². The molecule has 2 saturated heterocycles. The summed E-state index contributed by atoms with van der Waals surface area (Å²) in [5, 5.41) is 14.3. The van der Waals surface area contributed by atoms with E-state index in [1.807, 2.05) is 13.9 Å².